The summed E-state index contributed by atoms with van der Waals surface area (Å²) in [5, 5.41) is 15.0. The van der Waals surface area contributed by atoms with Crippen LogP contribution in [0.1, 0.15) is 30.9 Å². The van der Waals surface area contributed by atoms with Crippen LogP contribution in [0.25, 0.3) is 10.8 Å². The van der Waals surface area contributed by atoms with Crippen LogP contribution < -0.4 is 5.32 Å². The summed E-state index contributed by atoms with van der Waals surface area (Å²) in [7, 11) is 0. The first-order chi connectivity index (χ1) is 8.27. The number of aliphatic hydroxyl groups excluding tert-OH is 1. The van der Waals surface area contributed by atoms with E-state index >= 15 is 0 Å². The zero-order valence-electron chi connectivity index (χ0n) is 10.4. The molecule has 3 nitrogen and oxygen atoms in total. The van der Waals surface area contributed by atoms with Gasteiger partial charge in [-0.2, -0.15) is 0 Å². The number of hydrogen-bond donors (Lipinski definition) is 2. The molecule has 1 aromatic carbocycles. The number of aryl methyl sites for hydroxylation is 1. The molecule has 0 saturated heterocycles. The standard InChI is InChI=1S/C14H19NO2/c1-3-8-15-13(9-16)14-12-7-5-4-6-11(12)10(2)17-14/h4-7,13,15-16H,3,8-9H2,1-2H3. The van der Waals surface area contributed by atoms with Gasteiger partial charge in [-0.3, -0.25) is 0 Å². The lowest BCUT2D eigenvalue weighted by atomic mass is 10.1. The summed E-state index contributed by atoms with van der Waals surface area (Å²) in [6, 6.07) is 7.97. The van der Waals surface area contributed by atoms with Gasteiger partial charge in [-0.1, -0.05) is 31.2 Å². The van der Waals surface area contributed by atoms with Crippen LogP contribution in [0.15, 0.2) is 28.7 Å². The van der Waals surface area contributed by atoms with Crippen LogP contribution in [0.3, 0.4) is 0 Å². The molecule has 3 heteroatoms. The van der Waals surface area contributed by atoms with Crippen molar-refractivity contribution in [2.24, 2.45) is 0 Å². The molecule has 0 aliphatic carbocycles. The van der Waals surface area contributed by atoms with Crippen molar-refractivity contribution in [3.63, 3.8) is 0 Å². The van der Waals surface area contributed by atoms with E-state index in [2.05, 4.69) is 12.2 Å². The molecule has 1 atom stereocenters. The molecule has 1 heterocycles. The van der Waals surface area contributed by atoms with Crippen LogP contribution in [0.2, 0.25) is 0 Å². The molecule has 1 unspecified atom stereocenters. The maximum Gasteiger partial charge on any atom is 0.131 e. The van der Waals surface area contributed by atoms with E-state index in [-0.39, 0.29) is 12.6 Å². The van der Waals surface area contributed by atoms with Crippen LogP contribution in [-0.4, -0.2) is 18.3 Å². The van der Waals surface area contributed by atoms with E-state index in [0.717, 1.165) is 35.3 Å². The van der Waals surface area contributed by atoms with E-state index in [1.165, 1.54) is 0 Å². The highest BCUT2D eigenvalue weighted by molar-refractivity contribution is 5.87. The second-order valence-electron chi connectivity index (χ2n) is 4.26. The highest BCUT2D eigenvalue weighted by atomic mass is 16.3. The van der Waals surface area contributed by atoms with Gasteiger partial charge in [0, 0.05) is 10.8 Å². The van der Waals surface area contributed by atoms with Gasteiger partial charge in [-0.15, -0.1) is 0 Å². The minimum atomic E-state index is -0.117. The predicted octanol–water partition coefficient (Wildman–Crippen LogP) is 2.77. The number of aliphatic hydroxyl groups is 1. The Labute approximate surface area is 101 Å². The molecule has 0 bridgehead atoms. The Morgan fingerprint density at radius 3 is 2.65 bits per heavy atom. The third-order valence-corrected chi connectivity index (χ3v) is 2.97. The van der Waals surface area contributed by atoms with Crippen molar-refractivity contribution in [3.05, 3.63) is 35.8 Å². The number of furan rings is 1. The van der Waals surface area contributed by atoms with E-state index in [1.807, 2.05) is 31.2 Å². The number of nitrogens with one attached hydrogen (secondary N) is 1. The average Bonchev–Trinajstić information content (AvgIpc) is 2.69. The average molecular weight is 233 g/mol. The largest absolute Gasteiger partial charge is 0.463 e. The van der Waals surface area contributed by atoms with E-state index in [4.69, 9.17) is 4.42 Å². The lowest BCUT2D eigenvalue weighted by Gasteiger charge is -2.13. The molecule has 0 radical (unpaired) electrons. The second-order valence-corrected chi connectivity index (χ2v) is 4.26. The quantitative estimate of drug-likeness (QED) is 0.834. The molecule has 0 aliphatic heterocycles. The second kappa shape index (κ2) is 5.34. The molecular formula is C14H19NO2. The van der Waals surface area contributed by atoms with Crippen molar-refractivity contribution in [1.82, 2.24) is 5.32 Å². The van der Waals surface area contributed by atoms with Crippen LogP contribution in [0.5, 0.6) is 0 Å². The first kappa shape index (κ1) is 12.1. The molecule has 0 aliphatic rings. The van der Waals surface area contributed by atoms with Crippen molar-refractivity contribution in [2.45, 2.75) is 26.3 Å². The fraction of sp³-hybridized carbons (Fsp3) is 0.429. The van der Waals surface area contributed by atoms with Gasteiger partial charge in [0.2, 0.25) is 0 Å². The van der Waals surface area contributed by atoms with E-state index in [0.29, 0.717) is 0 Å². The van der Waals surface area contributed by atoms with Gasteiger partial charge in [-0.25, -0.2) is 0 Å². The fourth-order valence-electron chi connectivity index (χ4n) is 2.10. The van der Waals surface area contributed by atoms with Gasteiger partial charge in [0.15, 0.2) is 0 Å². The van der Waals surface area contributed by atoms with Crippen molar-refractivity contribution < 1.29 is 9.52 Å². The minimum Gasteiger partial charge on any atom is -0.463 e. The highest BCUT2D eigenvalue weighted by Crippen LogP contribution is 2.29. The molecule has 1 aromatic heterocycles. The van der Waals surface area contributed by atoms with Crippen LogP contribution in [0, 0.1) is 6.92 Å². The predicted molar refractivity (Wildman–Crippen MR) is 69.1 cm³/mol. The number of benzene rings is 1. The van der Waals surface area contributed by atoms with Crippen molar-refractivity contribution >= 4 is 10.8 Å². The van der Waals surface area contributed by atoms with E-state index in [1.54, 1.807) is 0 Å². The smallest absolute Gasteiger partial charge is 0.131 e. The summed E-state index contributed by atoms with van der Waals surface area (Å²) >= 11 is 0. The van der Waals surface area contributed by atoms with Crippen molar-refractivity contribution in [1.29, 1.82) is 0 Å². The zero-order chi connectivity index (χ0) is 12.3. The molecular weight excluding hydrogens is 214 g/mol. The molecule has 2 aromatic rings. The van der Waals surface area contributed by atoms with Crippen LogP contribution >= 0.6 is 0 Å². The van der Waals surface area contributed by atoms with Crippen molar-refractivity contribution in [3.8, 4) is 0 Å². The molecule has 0 saturated carbocycles. The third kappa shape index (κ3) is 2.35. The topological polar surface area (TPSA) is 45.4 Å². The van der Waals surface area contributed by atoms with Gasteiger partial charge in [-0.05, 0) is 19.9 Å². The first-order valence-electron chi connectivity index (χ1n) is 6.10. The Morgan fingerprint density at radius 2 is 2.00 bits per heavy atom. The zero-order valence-corrected chi connectivity index (χ0v) is 10.4. The Balaban J connectivity index is 2.39. The summed E-state index contributed by atoms with van der Waals surface area (Å²) in [6.45, 7) is 4.99. The molecule has 2 N–H and O–H groups in total. The summed E-state index contributed by atoms with van der Waals surface area (Å²) in [6.07, 6.45) is 1.04. The Hall–Kier alpha value is -1.32. The lowest BCUT2D eigenvalue weighted by molar-refractivity contribution is 0.227. The highest BCUT2D eigenvalue weighted by Gasteiger charge is 2.18. The summed E-state index contributed by atoms with van der Waals surface area (Å²) in [5.74, 6) is 1.75. The van der Waals surface area contributed by atoms with Crippen molar-refractivity contribution in [2.75, 3.05) is 13.2 Å². The lowest BCUT2D eigenvalue weighted by Crippen LogP contribution is -2.24. The third-order valence-electron chi connectivity index (χ3n) is 2.97. The Kier molecular flexibility index (Phi) is 3.82. The van der Waals surface area contributed by atoms with Gasteiger partial charge in [0.05, 0.1) is 12.6 Å². The molecule has 17 heavy (non-hydrogen) atoms. The molecule has 0 spiro atoms. The molecule has 0 amide bonds. The summed E-state index contributed by atoms with van der Waals surface area (Å²) in [4.78, 5) is 0. The molecule has 0 fully saturated rings. The monoisotopic (exact) mass is 233 g/mol. The van der Waals surface area contributed by atoms with Crippen LogP contribution in [-0.2, 0) is 0 Å². The normalized spacial score (nSPS) is 13.1. The SMILES string of the molecule is CCCNC(CO)c1oc(C)c2ccccc12. The number of rotatable bonds is 5. The molecule has 92 valence electrons. The van der Waals surface area contributed by atoms with E-state index in [9.17, 15) is 5.11 Å². The maximum absolute atomic E-state index is 9.45. The summed E-state index contributed by atoms with van der Waals surface area (Å²) < 4.78 is 5.79. The minimum absolute atomic E-state index is 0.0525. The molecule has 2 rings (SSSR count). The Morgan fingerprint density at radius 1 is 1.29 bits per heavy atom. The fourth-order valence-corrected chi connectivity index (χ4v) is 2.10. The maximum atomic E-state index is 9.45. The van der Waals surface area contributed by atoms with Gasteiger partial charge < -0.3 is 14.8 Å². The van der Waals surface area contributed by atoms with Gasteiger partial charge >= 0.3 is 0 Å². The first-order valence-corrected chi connectivity index (χ1v) is 6.10. The number of hydrogen-bond acceptors (Lipinski definition) is 3. The van der Waals surface area contributed by atoms with E-state index < -0.39 is 0 Å². The Bertz CT molecular complexity index is 490. The van der Waals surface area contributed by atoms with Crippen LogP contribution in [0.4, 0.5) is 0 Å². The van der Waals surface area contributed by atoms with Gasteiger partial charge in [0.1, 0.15) is 11.5 Å². The van der Waals surface area contributed by atoms with Gasteiger partial charge in [0.25, 0.3) is 0 Å². The number of fused-ring (bicyclic) bond motifs is 1. The summed E-state index contributed by atoms with van der Waals surface area (Å²) in [5.41, 5.74) is 0.